The molecule has 2 aromatic heterocycles. The van der Waals surface area contributed by atoms with E-state index < -0.39 is 17.6 Å². The number of anilines is 1. The normalized spacial score (nSPS) is 11.5. The fourth-order valence-electron chi connectivity index (χ4n) is 3.11. The number of amides is 1. The van der Waals surface area contributed by atoms with Gasteiger partial charge in [0.15, 0.2) is 0 Å². The molecule has 33 heavy (non-hydrogen) atoms. The molecule has 4 rings (SSSR count). The third kappa shape index (κ3) is 5.43. The highest BCUT2D eigenvalue weighted by Crippen LogP contribution is 2.33. The predicted molar refractivity (Wildman–Crippen MR) is 110 cm³/mol. The molecule has 170 valence electrons. The van der Waals surface area contributed by atoms with E-state index in [1.54, 1.807) is 12.3 Å². The van der Waals surface area contributed by atoms with Crippen LogP contribution in [-0.4, -0.2) is 25.8 Å². The van der Waals surface area contributed by atoms with Crippen molar-refractivity contribution in [2.45, 2.75) is 25.4 Å². The van der Waals surface area contributed by atoms with Crippen LogP contribution in [0.5, 0.6) is 0 Å². The standard InChI is InChI=1S/C22H17F4N5O2/c23-16-8-5-14(6-9-16)21-29-20(33-30-21)4-1-3-19(32)28-17-13-15(22(24,25)26)7-10-18(17)31-12-2-11-27-31/h2,5-13H,1,3-4H2,(H,28,32). The topological polar surface area (TPSA) is 85.8 Å². The maximum absolute atomic E-state index is 13.1. The first kappa shape index (κ1) is 22.2. The SMILES string of the molecule is O=C(CCCc1nc(-c2ccc(F)cc2)no1)Nc1cc(C(F)(F)F)ccc1-n1cccn1. The molecule has 0 saturated heterocycles. The van der Waals surface area contributed by atoms with Gasteiger partial charge in [-0.1, -0.05) is 5.16 Å². The van der Waals surface area contributed by atoms with Crippen LogP contribution in [0.1, 0.15) is 24.3 Å². The minimum Gasteiger partial charge on any atom is -0.339 e. The molecule has 0 bridgehead atoms. The van der Waals surface area contributed by atoms with Crippen LogP contribution in [0.25, 0.3) is 17.1 Å². The van der Waals surface area contributed by atoms with E-state index in [0.717, 1.165) is 12.1 Å². The Kier molecular flexibility index (Phi) is 6.20. The van der Waals surface area contributed by atoms with Crippen molar-refractivity contribution in [2.75, 3.05) is 5.32 Å². The van der Waals surface area contributed by atoms with E-state index in [2.05, 4.69) is 20.6 Å². The summed E-state index contributed by atoms with van der Waals surface area (Å²) in [6.45, 7) is 0. The summed E-state index contributed by atoms with van der Waals surface area (Å²) in [5.41, 5.74) is 0.00447. The number of nitrogens with zero attached hydrogens (tertiary/aromatic N) is 4. The molecule has 0 atom stereocenters. The van der Waals surface area contributed by atoms with Crippen LogP contribution in [0.4, 0.5) is 23.2 Å². The first-order valence-electron chi connectivity index (χ1n) is 9.89. The Morgan fingerprint density at radius 1 is 1.12 bits per heavy atom. The van der Waals surface area contributed by atoms with Crippen molar-refractivity contribution < 1.29 is 26.9 Å². The van der Waals surface area contributed by atoms with Crippen LogP contribution in [0.15, 0.2) is 65.4 Å². The van der Waals surface area contributed by atoms with E-state index in [1.807, 2.05) is 0 Å². The van der Waals surface area contributed by atoms with E-state index in [0.29, 0.717) is 29.4 Å². The van der Waals surface area contributed by atoms with Gasteiger partial charge >= 0.3 is 6.18 Å². The lowest BCUT2D eigenvalue weighted by molar-refractivity contribution is -0.137. The van der Waals surface area contributed by atoms with E-state index in [9.17, 15) is 22.4 Å². The van der Waals surface area contributed by atoms with Crippen molar-refractivity contribution in [1.82, 2.24) is 19.9 Å². The summed E-state index contributed by atoms with van der Waals surface area (Å²) in [6.07, 6.45) is -0.880. The summed E-state index contributed by atoms with van der Waals surface area (Å²) in [5.74, 6) is -0.272. The van der Waals surface area contributed by atoms with Gasteiger partial charge in [0, 0.05) is 30.8 Å². The number of halogens is 4. The van der Waals surface area contributed by atoms with Gasteiger partial charge in [0.05, 0.1) is 16.9 Å². The third-order valence-electron chi connectivity index (χ3n) is 4.71. The van der Waals surface area contributed by atoms with E-state index in [4.69, 9.17) is 4.52 Å². The number of hydrogen-bond acceptors (Lipinski definition) is 5. The average molecular weight is 459 g/mol. The van der Waals surface area contributed by atoms with Gasteiger partial charge in [-0.3, -0.25) is 4.79 Å². The second kappa shape index (κ2) is 9.23. The van der Waals surface area contributed by atoms with E-state index in [1.165, 1.54) is 41.2 Å². The Labute approximate surface area is 185 Å². The summed E-state index contributed by atoms with van der Waals surface area (Å²) in [6, 6.07) is 10.3. The van der Waals surface area contributed by atoms with Gasteiger partial charge in [0.25, 0.3) is 0 Å². The van der Waals surface area contributed by atoms with Gasteiger partial charge in [-0.25, -0.2) is 9.07 Å². The van der Waals surface area contributed by atoms with Gasteiger partial charge in [0.1, 0.15) is 5.82 Å². The van der Waals surface area contributed by atoms with Gasteiger partial charge in [-0.05, 0) is 55.0 Å². The summed E-state index contributed by atoms with van der Waals surface area (Å²) < 4.78 is 59.0. The Hall–Kier alpha value is -4.02. The molecule has 11 heteroatoms. The fourth-order valence-corrected chi connectivity index (χ4v) is 3.11. The second-order valence-electron chi connectivity index (χ2n) is 7.10. The number of hydrogen-bond donors (Lipinski definition) is 1. The zero-order chi connectivity index (χ0) is 23.4. The molecule has 0 saturated carbocycles. The largest absolute Gasteiger partial charge is 0.416 e. The van der Waals surface area contributed by atoms with Crippen LogP contribution in [0.3, 0.4) is 0 Å². The molecule has 0 radical (unpaired) electrons. The Bertz CT molecular complexity index is 1230. The van der Waals surface area contributed by atoms with E-state index >= 15 is 0 Å². The maximum atomic E-state index is 13.1. The van der Waals surface area contributed by atoms with Crippen molar-refractivity contribution in [1.29, 1.82) is 0 Å². The zero-order valence-electron chi connectivity index (χ0n) is 17.0. The highest BCUT2D eigenvalue weighted by Gasteiger charge is 2.31. The third-order valence-corrected chi connectivity index (χ3v) is 4.71. The minimum atomic E-state index is -4.55. The molecule has 2 heterocycles. The lowest BCUT2D eigenvalue weighted by atomic mass is 10.1. The van der Waals surface area contributed by atoms with Gasteiger partial charge < -0.3 is 9.84 Å². The molecule has 2 aromatic carbocycles. The van der Waals surface area contributed by atoms with Crippen molar-refractivity contribution in [3.05, 3.63) is 78.2 Å². The van der Waals surface area contributed by atoms with Crippen LogP contribution >= 0.6 is 0 Å². The summed E-state index contributed by atoms with van der Waals surface area (Å²) in [7, 11) is 0. The molecule has 0 fully saturated rings. The number of benzene rings is 2. The van der Waals surface area contributed by atoms with Crippen molar-refractivity contribution in [2.24, 2.45) is 0 Å². The summed E-state index contributed by atoms with van der Waals surface area (Å²) in [5, 5.41) is 10.4. The first-order chi connectivity index (χ1) is 15.8. The number of aryl methyl sites for hydroxylation is 1. The molecule has 0 aliphatic carbocycles. The van der Waals surface area contributed by atoms with Crippen LogP contribution in [0, 0.1) is 5.82 Å². The van der Waals surface area contributed by atoms with Crippen molar-refractivity contribution >= 4 is 11.6 Å². The molecule has 0 unspecified atom stereocenters. The molecule has 1 amide bonds. The number of aromatic nitrogens is 4. The first-order valence-corrected chi connectivity index (χ1v) is 9.89. The maximum Gasteiger partial charge on any atom is 0.416 e. The number of alkyl halides is 3. The monoisotopic (exact) mass is 459 g/mol. The quantitative estimate of drug-likeness (QED) is 0.391. The van der Waals surface area contributed by atoms with Gasteiger partial charge in [0.2, 0.25) is 17.6 Å². The lowest BCUT2D eigenvalue weighted by Crippen LogP contribution is -2.15. The molecular formula is C22H17F4N5O2. The molecule has 7 nitrogen and oxygen atoms in total. The molecule has 0 spiro atoms. The number of carbonyl (C=O) groups excluding carboxylic acids is 1. The van der Waals surface area contributed by atoms with Crippen LogP contribution in [0.2, 0.25) is 0 Å². The highest BCUT2D eigenvalue weighted by atomic mass is 19.4. The van der Waals surface area contributed by atoms with Gasteiger partial charge in [-0.15, -0.1) is 0 Å². The Balaban J connectivity index is 1.39. The molecule has 1 N–H and O–H groups in total. The van der Waals surface area contributed by atoms with Crippen molar-refractivity contribution in [3.63, 3.8) is 0 Å². The summed E-state index contributed by atoms with van der Waals surface area (Å²) >= 11 is 0. The average Bonchev–Trinajstić information content (AvgIpc) is 3.46. The number of carbonyl (C=O) groups is 1. The highest BCUT2D eigenvalue weighted by molar-refractivity contribution is 5.93. The number of nitrogens with one attached hydrogen (secondary N) is 1. The smallest absolute Gasteiger partial charge is 0.339 e. The minimum absolute atomic E-state index is 0.00471. The van der Waals surface area contributed by atoms with Crippen LogP contribution in [-0.2, 0) is 17.4 Å². The van der Waals surface area contributed by atoms with E-state index in [-0.39, 0.29) is 24.3 Å². The Morgan fingerprint density at radius 3 is 2.61 bits per heavy atom. The van der Waals surface area contributed by atoms with Gasteiger partial charge in [-0.2, -0.15) is 23.3 Å². The summed E-state index contributed by atoms with van der Waals surface area (Å²) in [4.78, 5) is 16.6. The lowest BCUT2D eigenvalue weighted by Gasteiger charge is -2.14. The second-order valence-corrected chi connectivity index (χ2v) is 7.10. The zero-order valence-corrected chi connectivity index (χ0v) is 17.0. The predicted octanol–water partition coefficient (Wildman–Crippen LogP) is 5.04. The molecule has 0 aliphatic heterocycles. The molecule has 4 aromatic rings. The number of rotatable bonds is 7. The molecular weight excluding hydrogens is 442 g/mol. The molecule has 0 aliphatic rings. The fraction of sp³-hybridized carbons (Fsp3) is 0.182. The Morgan fingerprint density at radius 2 is 1.91 bits per heavy atom. The van der Waals surface area contributed by atoms with Crippen molar-refractivity contribution in [3.8, 4) is 17.1 Å². The van der Waals surface area contributed by atoms with Crippen LogP contribution < -0.4 is 5.32 Å².